The van der Waals surface area contributed by atoms with Gasteiger partial charge in [0.15, 0.2) is 0 Å². The number of hydrogen-bond acceptors (Lipinski definition) is 4. The molecule has 4 nitrogen and oxygen atoms in total. The van der Waals surface area contributed by atoms with E-state index < -0.39 is 29.4 Å². The maximum Gasteiger partial charge on any atom is 0.320 e. The number of fused-ring (bicyclic) bond motifs is 5. The fourth-order valence-corrected chi connectivity index (χ4v) is 4.50. The average Bonchev–Trinajstić information content (AvgIpc) is 2.70. The minimum Gasteiger partial charge on any atom is -0.393 e. The Hall–Kier alpha value is 0.0600. The van der Waals surface area contributed by atoms with Crippen LogP contribution in [0.1, 0.15) is 6.92 Å². The molecule has 3 heterocycles. The molecule has 6 heteroatoms. The lowest BCUT2D eigenvalue weighted by atomic mass is 9.74. The Morgan fingerprint density at radius 1 is 1.27 bits per heavy atom. The highest BCUT2D eigenvalue weighted by Gasteiger charge is 2.73. The van der Waals surface area contributed by atoms with E-state index in [0.29, 0.717) is 0 Å². The van der Waals surface area contributed by atoms with Crippen molar-refractivity contribution in [2.45, 2.75) is 28.3 Å². The van der Waals surface area contributed by atoms with Crippen LogP contribution in [0.15, 0.2) is 0 Å². The van der Waals surface area contributed by atoms with Crippen LogP contribution in [0.5, 0.6) is 0 Å². The third-order valence-electron chi connectivity index (χ3n) is 3.59. The Labute approximate surface area is 103 Å². The number of ether oxygens (including phenoxy) is 2. The molecule has 0 saturated carbocycles. The first kappa shape index (κ1) is 10.2. The molecule has 0 aromatic carbocycles. The van der Waals surface area contributed by atoms with E-state index in [2.05, 4.69) is 36.6 Å². The van der Waals surface area contributed by atoms with Crippen molar-refractivity contribution < 1.29 is 19.1 Å². The van der Waals surface area contributed by atoms with E-state index >= 15 is 0 Å². The highest BCUT2D eigenvalue weighted by molar-refractivity contribution is 9.12. The SMILES string of the molecule is C[C@@]12O[C@@H]([C@H](Br)[C@@H]1Br)[C@H]1C(=O)OC(=O)[C@H]12. The van der Waals surface area contributed by atoms with Gasteiger partial charge < -0.3 is 9.47 Å². The van der Waals surface area contributed by atoms with Gasteiger partial charge in [-0.25, -0.2) is 0 Å². The van der Waals surface area contributed by atoms with Crippen LogP contribution in [-0.2, 0) is 19.1 Å². The Kier molecular flexibility index (Phi) is 1.94. The van der Waals surface area contributed by atoms with Crippen molar-refractivity contribution >= 4 is 43.8 Å². The molecule has 3 aliphatic rings. The highest BCUT2D eigenvalue weighted by Crippen LogP contribution is 2.58. The number of cyclic esters (lactones) is 2. The summed E-state index contributed by atoms with van der Waals surface area (Å²) in [6.07, 6.45) is -0.261. The normalized spacial score (nSPS) is 57.1. The Morgan fingerprint density at radius 3 is 2.60 bits per heavy atom. The molecular formula is C9H8Br2O4. The predicted octanol–water partition coefficient (Wildman–Crippen LogP) is 1.00. The van der Waals surface area contributed by atoms with Crippen LogP contribution in [0.3, 0.4) is 0 Å². The average molecular weight is 340 g/mol. The van der Waals surface area contributed by atoms with E-state index in [9.17, 15) is 9.59 Å². The second-order valence-electron chi connectivity index (χ2n) is 4.36. The molecule has 0 aromatic heterocycles. The van der Waals surface area contributed by atoms with Gasteiger partial charge in [-0.05, 0) is 6.92 Å². The van der Waals surface area contributed by atoms with Gasteiger partial charge in [-0.15, -0.1) is 0 Å². The van der Waals surface area contributed by atoms with Crippen molar-refractivity contribution in [3.8, 4) is 0 Å². The molecule has 0 radical (unpaired) electrons. The lowest BCUT2D eigenvalue weighted by Gasteiger charge is -2.31. The predicted molar refractivity (Wildman–Crippen MR) is 56.8 cm³/mol. The molecule has 0 amide bonds. The minimum absolute atomic E-state index is 0.0229. The largest absolute Gasteiger partial charge is 0.393 e. The van der Waals surface area contributed by atoms with E-state index in [4.69, 9.17) is 4.74 Å². The number of halogens is 2. The van der Waals surface area contributed by atoms with Crippen molar-refractivity contribution in [2.24, 2.45) is 11.8 Å². The van der Waals surface area contributed by atoms with Crippen molar-refractivity contribution in [3.05, 3.63) is 0 Å². The van der Waals surface area contributed by atoms with E-state index in [1.165, 1.54) is 0 Å². The zero-order chi connectivity index (χ0) is 11.0. The van der Waals surface area contributed by atoms with Gasteiger partial charge in [0.05, 0.1) is 21.4 Å². The van der Waals surface area contributed by atoms with Crippen LogP contribution >= 0.6 is 31.9 Å². The molecule has 82 valence electrons. The van der Waals surface area contributed by atoms with Gasteiger partial charge >= 0.3 is 11.9 Å². The van der Waals surface area contributed by atoms with E-state index in [0.717, 1.165) is 0 Å². The third kappa shape index (κ3) is 1.01. The van der Waals surface area contributed by atoms with Gasteiger partial charge in [0.2, 0.25) is 0 Å². The Bertz CT molecular complexity index is 371. The Morgan fingerprint density at radius 2 is 1.93 bits per heavy atom. The summed E-state index contributed by atoms with van der Waals surface area (Å²) in [6, 6.07) is 0. The van der Waals surface area contributed by atoms with Crippen molar-refractivity contribution in [1.29, 1.82) is 0 Å². The van der Waals surface area contributed by atoms with Crippen LogP contribution in [0.4, 0.5) is 0 Å². The summed E-state index contributed by atoms with van der Waals surface area (Å²) in [4.78, 5) is 23.1. The second-order valence-corrected chi connectivity index (χ2v) is 6.40. The van der Waals surface area contributed by atoms with Gasteiger partial charge in [-0.3, -0.25) is 9.59 Å². The summed E-state index contributed by atoms with van der Waals surface area (Å²) in [5, 5.41) is 0. The second kappa shape index (κ2) is 2.84. The molecule has 0 unspecified atom stereocenters. The molecule has 3 rings (SSSR count). The molecule has 3 fully saturated rings. The molecule has 2 bridgehead atoms. The first-order chi connectivity index (χ1) is 6.97. The molecule has 0 aliphatic carbocycles. The van der Waals surface area contributed by atoms with Crippen LogP contribution < -0.4 is 0 Å². The van der Waals surface area contributed by atoms with Gasteiger partial charge in [-0.1, -0.05) is 31.9 Å². The lowest BCUT2D eigenvalue weighted by Crippen LogP contribution is -2.49. The van der Waals surface area contributed by atoms with Gasteiger partial charge in [0, 0.05) is 0 Å². The topological polar surface area (TPSA) is 52.6 Å². The van der Waals surface area contributed by atoms with Crippen LogP contribution in [0, 0.1) is 11.8 Å². The molecule has 3 aliphatic heterocycles. The van der Waals surface area contributed by atoms with Crippen molar-refractivity contribution in [1.82, 2.24) is 0 Å². The number of hydrogen-bond donors (Lipinski definition) is 0. The van der Waals surface area contributed by atoms with E-state index in [1.54, 1.807) is 0 Å². The van der Waals surface area contributed by atoms with Crippen LogP contribution in [-0.4, -0.2) is 33.3 Å². The molecule has 3 saturated heterocycles. The summed E-state index contributed by atoms with van der Waals surface area (Å²) in [5.74, 6) is -1.77. The van der Waals surface area contributed by atoms with Gasteiger partial charge in [0.1, 0.15) is 11.8 Å². The van der Waals surface area contributed by atoms with Crippen LogP contribution in [0.2, 0.25) is 0 Å². The van der Waals surface area contributed by atoms with Gasteiger partial charge in [-0.2, -0.15) is 0 Å². The number of carbonyl (C=O) groups excluding carboxylic acids is 2. The quantitative estimate of drug-likeness (QED) is 0.375. The summed E-state index contributed by atoms with van der Waals surface area (Å²) in [6.45, 7) is 1.85. The molecule has 15 heavy (non-hydrogen) atoms. The fraction of sp³-hybridized carbons (Fsp3) is 0.778. The molecule has 6 atom stereocenters. The standard InChI is InChI=1S/C9H8Br2O4/c1-9-3-2(7(12)14-8(3)13)5(15-9)4(10)6(9)11/h2-6H,1H3/t2-,3-,4-,5+,6-,9-/m0/s1. The summed E-state index contributed by atoms with van der Waals surface area (Å²) in [5.41, 5.74) is -0.632. The first-order valence-electron chi connectivity index (χ1n) is 4.68. The monoisotopic (exact) mass is 338 g/mol. The number of rotatable bonds is 0. The highest BCUT2D eigenvalue weighted by atomic mass is 79.9. The minimum atomic E-state index is -0.632. The summed E-state index contributed by atoms with van der Waals surface area (Å²) >= 11 is 7.00. The Balaban J connectivity index is 2.09. The smallest absolute Gasteiger partial charge is 0.320 e. The number of carbonyl (C=O) groups is 2. The van der Waals surface area contributed by atoms with Crippen molar-refractivity contribution in [3.63, 3.8) is 0 Å². The maximum atomic E-state index is 11.6. The molecular weight excluding hydrogens is 332 g/mol. The van der Waals surface area contributed by atoms with Crippen LogP contribution in [0.25, 0.3) is 0 Å². The van der Waals surface area contributed by atoms with E-state index in [1.807, 2.05) is 6.92 Å². The number of alkyl halides is 2. The molecule has 0 N–H and O–H groups in total. The summed E-state index contributed by atoms with van der Waals surface area (Å²) < 4.78 is 10.4. The zero-order valence-electron chi connectivity index (χ0n) is 7.78. The first-order valence-corrected chi connectivity index (χ1v) is 6.51. The zero-order valence-corrected chi connectivity index (χ0v) is 10.9. The lowest BCUT2D eigenvalue weighted by molar-refractivity contribution is -0.158. The van der Waals surface area contributed by atoms with Gasteiger partial charge in [0.25, 0.3) is 0 Å². The summed E-state index contributed by atoms with van der Waals surface area (Å²) in [7, 11) is 0. The fourth-order valence-electron chi connectivity index (χ4n) is 2.85. The third-order valence-corrected chi connectivity index (χ3v) is 6.83. The molecule has 0 spiro atoms. The number of esters is 2. The van der Waals surface area contributed by atoms with E-state index in [-0.39, 0.29) is 15.8 Å². The maximum absolute atomic E-state index is 11.6. The molecule has 0 aromatic rings. The van der Waals surface area contributed by atoms with Crippen molar-refractivity contribution in [2.75, 3.05) is 0 Å².